The monoisotopic (exact) mass is 361 g/mol. The lowest BCUT2D eigenvalue weighted by molar-refractivity contribution is -0.00524. The van der Waals surface area contributed by atoms with Gasteiger partial charge in [0, 0.05) is 15.6 Å². The van der Waals surface area contributed by atoms with Crippen molar-refractivity contribution in [2.45, 2.75) is 12.8 Å². The number of Topliss-reactive ketones (excluding diaryl/α,β-unsaturated/α-hetero) is 1. The zero-order valence-electron chi connectivity index (χ0n) is 12.5. The average Bonchev–Trinajstić information content (AvgIpc) is 3.11. The minimum atomic E-state index is -0.929. The van der Waals surface area contributed by atoms with E-state index in [0.717, 1.165) is 5.56 Å². The highest BCUT2D eigenvalue weighted by atomic mass is 35.5. The smallest absolute Gasteiger partial charge is 0.215 e. The van der Waals surface area contributed by atoms with E-state index in [4.69, 9.17) is 27.9 Å². The molecule has 0 aliphatic heterocycles. The first-order chi connectivity index (χ1) is 11.6. The molecule has 1 heterocycles. The van der Waals surface area contributed by atoms with Crippen LogP contribution in [0.2, 0.25) is 10.0 Å². The van der Waals surface area contributed by atoms with Gasteiger partial charge in [-0.1, -0.05) is 59.6 Å². The van der Waals surface area contributed by atoms with Gasteiger partial charge < -0.3 is 4.74 Å². The van der Waals surface area contributed by atoms with Gasteiger partial charge >= 0.3 is 0 Å². The normalized spacial score (nSPS) is 12.1. The fraction of sp³-hybridized carbons (Fsp3) is 0.118. The van der Waals surface area contributed by atoms with Crippen molar-refractivity contribution in [3.8, 4) is 0 Å². The van der Waals surface area contributed by atoms with Crippen LogP contribution < -0.4 is 0 Å². The number of ketones is 1. The second-order valence-corrected chi connectivity index (χ2v) is 5.85. The van der Waals surface area contributed by atoms with Crippen LogP contribution in [0.3, 0.4) is 0 Å². The fourth-order valence-electron chi connectivity index (χ4n) is 2.16. The Morgan fingerprint density at radius 2 is 1.96 bits per heavy atom. The van der Waals surface area contributed by atoms with Crippen LogP contribution >= 0.6 is 23.2 Å². The Morgan fingerprint density at radius 1 is 1.17 bits per heavy atom. The summed E-state index contributed by atoms with van der Waals surface area (Å²) in [7, 11) is 0. The molecule has 3 rings (SSSR count). The van der Waals surface area contributed by atoms with Crippen molar-refractivity contribution < 1.29 is 9.53 Å². The lowest BCUT2D eigenvalue weighted by atomic mass is 10.1. The topological polar surface area (TPSA) is 57.0 Å². The number of carbonyl (C=O) groups is 1. The number of rotatable bonds is 6. The van der Waals surface area contributed by atoms with Gasteiger partial charge in [-0.15, -0.1) is 0 Å². The van der Waals surface area contributed by atoms with Crippen molar-refractivity contribution in [3.05, 3.63) is 82.4 Å². The highest BCUT2D eigenvalue weighted by Gasteiger charge is 2.23. The van der Waals surface area contributed by atoms with Crippen molar-refractivity contribution in [1.29, 1.82) is 0 Å². The minimum absolute atomic E-state index is 0.138. The van der Waals surface area contributed by atoms with Crippen LogP contribution in [0, 0.1) is 0 Å². The first-order valence-electron chi connectivity index (χ1n) is 7.14. The predicted molar refractivity (Wildman–Crippen MR) is 91.1 cm³/mol. The number of halogens is 2. The van der Waals surface area contributed by atoms with E-state index in [0.29, 0.717) is 15.6 Å². The van der Waals surface area contributed by atoms with Crippen LogP contribution in [-0.4, -0.2) is 20.5 Å². The molecule has 3 aromatic rings. The van der Waals surface area contributed by atoms with Gasteiger partial charge in [-0.25, -0.2) is 9.67 Å². The molecule has 5 nitrogen and oxygen atoms in total. The van der Waals surface area contributed by atoms with E-state index in [-0.39, 0.29) is 12.4 Å². The van der Waals surface area contributed by atoms with E-state index in [2.05, 4.69) is 10.1 Å². The molecule has 0 amide bonds. The van der Waals surface area contributed by atoms with E-state index in [1.165, 1.54) is 17.3 Å². The van der Waals surface area contributed by atoms with Gasteiger partial charge in [0.1, 0.15) is 12.7 Å². The Bertz CT molecular complexity index is 823. The Kier molecular flexibility index (Phi) is 5.25. The highest BCUT2D eigenvalue weighted by molar-refractivity contribution is 6.35. The largest absolute Gasteiger partial charge is 0.344 e. The molecule has 122 valence electrons. The standard InChI is InChI=1S/C17H13Cl2N3O2/c18-14-7-6-13(15(19)8-14)9-24-17(22-11-20-10-21-22)16(23)12-4-2-1-3-5-12/h1-8,10-11,17H,9H2. The molecule has 24 heavy (non-hydrogen) atoms. The van der Waals surface area contributed by atoms with Gasteiger partial charge in [0.25, 0.3) is 0 Å². The third-order valence-corrected chi connectivity index (χ3v) is 3.96. The zero-order chi connectivity index (χ0) is 16.9. The molecular weight excluding hydrogens is 349 g/mol. The maximum atomic E-state index is 12.7. The second-order valence-electron chi connectivity index (χ2n) is 5.00. The Labute approximate surface area is 148 Å². The summed E-state index contributed by atoms with van der Waals surface area (Å²) in [5, 5.41) is 5.04. The summed E-state index contributed by atoms with van der Waals surface area (Å²) in [5.74, 6) is -0.216. The van der Waals surface area contributed by atoms with E-state index in [1.807, 2.05) is 6.07 Å². The summed E-state index contributed by atoms with van der Waals surface area (Å²) >= 11 is 12.0. The van der Waals surface area contributed by atoms with Gasteiger partial charge in [-0.2, -0.15) is 5.10 Å². The second kappa shape index (κ2) is 7.57. The molecule has 0 saturated heterocycles. The maximum Gasteiger partial charge on any atom is 0.215 e. The molecule has 1 unspecified atom stereocenters. The van der Waals surface area contributed by atoms with Gasteiger partial charge in [-0.05, 0) is 17.7 Å². The molecule has 0 spiro atoms. The van der Waals surface area contributed by atoms with Gasteiger partial charge in [-0.3, -0.25) is 4.79 Å². The first-order valence-corrected chi connectivity index (χ1v) is 7.89. The number of aromatic nitrogens is 3. The number of hydrogen-bond acceptors (Lipinski definition) is 4. The van der Waals surface area contributed by atoms with Crippen LogP contribution in [0.15, 0.2) is 61.2 Å². The van der Waals surface area contributed by atoms with Crippen LogP contribution in [0.4, 0.5) is 0 Å². The quantitative estimate of drug-likeness (QED) is 0.617. The van der Waals surface area contributed by atoms with Crippen molar-refractivity contribution in [2.75, 3.05) is 0 Å². The van der Waals surface area contributed by atoms with Crippen LogP contribution in [-0.2, 0) is 11.3 Å². The number of hydrogen-bond donors (Lipinski definition) is 0. The zero-order valence-corrected chi connectivity index (χ0v) is 14.0. The van der Waals surface area contributed by atoms with Gasteiger partial charge in [0.15, 0.2) is 0 Å². The molecule has 0 bridgehead atoms. The number of carbonyl (C=O) groups excluding carboxylic acids is 1. The first kappa shape index (κ1) is 16.6. The summed E-state index contributed by atoms with van der Waals surface area (Å²) in [4.78, 5) is 16.6. The summed E-state index contributed by atoms with van der Waals surface area (Å²) < 4.78 is 7.17. The van der Waals surface area contributed by atoms with E-state index < -0.39 is 6.23 Å². The van der Waals surface area contributed by atoms with Gasteiger partial charge in [0.2, 0.25) is 12.0 Å². The number of benzene rings is 2. The predicted octanol–water partition coefficient (Wildman–Crippen LogP) is 4.18. The number of ether oxygens (including phenoxy) is 1. The molecule has 0 aliphatic rings. The Morgan fingerprint density at radius 3 is 2.62 bits per heavy atom. The Hall–Kier alpha value is -2.21. The van der Waals surface area contributed by atoms with Crippen molar-refractivity contribution in [3.63, 3.8) is 0 Å². The van der Waals surface area contributed by atoms with E-state index >= 15 is 0 Å². The molecule has 1 atom stereocenters. The molecule has 7 heteroatoms. The molecule has 0 fully saturated rings. The summed E-state index contributed by atoms with van der Waals surface area (Å²) in [6, 6.07) is 14.0. The van der Waals surface area contributed by atoms with Crippen LogP contribution in [0.1, 0.15) is 22.1 Å². The minimum Gasteiger partial charge on any atom is -0.344 e. The van der Waals surface area contributed by atoms with Crippen LogP contribution in [0.5, 0.6) is 0 Å². The molecule has 0 saturated carbocycles. The fourth-order valence-corrected chi connectivity index (χ4v) is 2.63. The molecule has 1 aromatic heterocycles. The summed E-state index contributed by atoms with van der Waals surface area (Å²) in [5.41, 5.74) is 1.26. The third kappa shape index (κ3) is 3.82. The molecule has 0 radical (unpaired) electrons. The molecule has 0 N–H and O–H groups in total. The lowest BCUT2D eigenvalue weighted by Gasteiger charge is -2.17. The Balaban J connectivity index is 1.82. The van der Waals surface area contributed by atoms with Crippen molar-refractivity contribution in [1.82, 2.24) is 14.8 Å². The van der Waals surface area contributed by atoms with E-state index in [9.17, 15) is 4.79 Å². The lowest BCUT2D eigenvalue weighted by Crippen LogP contribution is -2.23. The van der Waals surface area contributed by atoms with Gasteiger partial charge in [0.05, 0.1) is 6.61 Å². The summed E-state index contributed by atoms with van der Waals surface area (Å²) in [6.07, 6.45) is 1.86. The van der Waals surface area contributed by atoms with Crippen LogP contribution in [0.25, 0.3) is 0 Å². The highest BCUT2D eigenvalue weighted by Crippen LogP contribution is 2.24. The number of nitrogens with zero attached hydrogens (tertiary/aromatic N) is 3. The van der Waals surface area contributed by atoms with E-state index in [1.54, 1.807) is 42.5 Å². The average molecular weight is 362 g/mol. The summed E-state index contributed by atoms with van der Waals surface area (Å²) in [6.45, 7) is 0.138. The van der Waals surface area contributed by atoms with Crippen molar-refractivity contribution in [2.24, 2.45) is 0 Å². The maximum absolute atomic E-state index is 12.7. The SMILES string of the molecule is O=C(c1ccccc1)C(OCc1ccc(Cl)cc1Cl)n1cncn1. The molecule has 2 aromatic carbocycles. The van der Waals surface area contributed by atoms with Crippen molar-refractivity contribution >= 4 is 29.0 Å². The molecule has 0 aliphatic carbocycles. The molecular formula is C17H13Cl2N3O2. The third-order valence-electron chi connectivity index (χ3n) is 3.37.